The average Bonchev–Trinajstić information content (AvgIpc) is 2.62. The Bertz CT molecular complexity index is 661. The molecule has 1 aliphatic rings. The predicted molar refractivity (Wildman–Crippen MR) is 90.4 cm³/mol. The largest absolute Gasteiger partial charge is 0.384 e. The van der Waals surface area contributed by atoms with Crippen LogP contribution in [0.2, 0.25) is 0 Å². The van der Waals surface area contributed by atoms with Gasteiger partial charge in [0.05, 0.1) is 30.9 Å². The number of aromatic nitrogens is 1. The van der Waals surface area contributed by atoms with Crippen LogP contribution in [0.5, 0.6) is 0 Å². The molecule has 2 heterocycles. The molecule has 0 saturated carbocycles. The lowest BCUT2D eigenvalue weighted by Gasteiger charge is -2.32. The fourth-order valence-corrected chi connectivity index (χ4v) is 2.62. The van der Waals surface area contributed by atoms with Gasteiger partial charge in [0, 0.05) is 12.8 Å². The van der Waals surface area contributed by atoms with E-state index in [2.05, 4.69) is 10.3 Å². The van der Waals surface area contributed by atoms with Gasteiger partial charge in [-0.3, -0.25) is 4.79 Å². The van der Waals surface area contributed by atoms with Crippen molar-refractivity contribution in [1.82, 2.24) is 10.3 Å². The third kappa shape index (κ3) is 4.31. The van der Waals surface area contributed by atoms with Crippen LogP contribution in [0.4, 0.5) is 5.82 Å². The molecule has 0 spiro atoms. The number of nitrogen functional groups attached to an aromatic ring is 1. The Kier molecular flexibility index (Phi) is 5.40. The standard InChI is InChI=1S/C18H21N3O3/c19-17-7-6-14(10-20-17)18(22)21-15-12-23-9-8-16(15)24-11-13-4-2-1-3-5-13/h1-7,10,15-16H,8-9,11-12H2,(H2,19,20)(H,21,22)/t15-,16+/m1/s1. The lowest BCUT2D eigenvalue weighted by atomic mass is 10.1. The van der Waals surface area contributed by atoms with Gasteiger partial charge in [-0.25, -0.2) is 4.98 Å². The minimum Gasteiger partial charge on any atom is -0.384 e. The van der Waals surface area contributed by atoms with Crippen molar-refractivity contribution < 1.29 is 14.3 Å². The lowest BCUT2D eigenvalue weighted by molar-refractivity contribution is -0.0605. The normalized spacial score (nSPS) is 20.5. The van der Waals surface area contributed by atoms with Gasteiger partial charge in [-0.05, 0) is 24.1 Å². The SMILES string of the molecule is Nc1ccc(C(=O)N[C@@H]2COCC[C@@H]2OCc2ccccc2)cn1. The van der Waals surface area contributed by atoms with Crippen LogP contribution in [0, 0.1) is 0 Å². The molecule has 3 rings (SSSR count). The number of nitrogens with one attached hydrogen (secondary N) is 1. The van der Waals surface area contributed by atoms with Gasteiger partial charge in [0.1, 0.15) is 5.82 Å². The van der Waals surface area contributed by atoms with Crippen LogP contribution in [-0.2, 0) is 16.1 Å². The second-order valence-electron chi connectivity index (χ2n) is 5.75. The van der Waals surface area contributed by atoms with Gasteiger partial charge < -0.3 is 20.5 Å². The molecule has 1 aliphatic heterocycles. The summed E-state index contributed by atoms with van der Waals surface area (Å²) in [6.45, 7) is 1.59. The summed E-state index contributed by atoms with van der Waals surface area (Å²) in [6, 6.07) is 13.1. The minimum absolute atomic E-state index is 0.0790. The summed E-state index contributed by atoms with van der Waals surface area (Å²) in [6.07, 6.45) is 2.14. The highest BCUT2D eigenvalue weighted by Gasteiger charge is 2.28. The maximum Gasteiger partial charge on any atom is 0.253 e. The van der Waals surface area contributed by atoms with Crippen molar-refractivity contribution in [3.63, 3.8) is 0 Å². The molecule has 126 valence electrons. The molecule has 6 heteroatoms. The molecule has 0 unspecified atom stereocenters. The van der Waals surface area contributed by atoms with Crippen LogP contribution in [-0.4, -0.2) is 36.3 Å². The van der Waals surface area contributed by atoms with Crippen molar-refractivity contribution in [1.29, 1.82) is 0 Å². The van der Waals surface area contributed by atoms with Crippen molar-refractivity contribution in [2.45, 2.75) is 25.2 Å². The zero-order valence-corrected chi connectivity index (χ0v) is 13.4. The molecule has 0 radical (unpaired) electrons. The van der Waals surface area contributed by atoms with Gasteiger partial charge in [0.25, 0.3) is 5.91 Å². The van der Waals surface area contributed by atoms with E-state index in [1.165, 1.54) is 6.20 Å². The van der Waals surface area contributed by atoms with Crippen LogP contribution in [0.15, 0.2) is 48.7 Å². The van der Waals surface area contributed by atoms with Crippen LogP contribution in [0.1, 0.15) is 22.3 Å². The van der Waals surface area contributed by atoms with E-state index in [0.717, 1.165) is 12.0 Å². The molecule has 1 aromatic heterocycles. The third-order valence-corrected chi connectivity index (χ3v) is 3.96. The second kappa shape index (κ2) is 7.90. The number of benzene rings is 1. The molecule has 1 fully saturated rings. The Labute approximate surface area is 141 Å². The molecular formula is C18H21N3O3. The predicted octanol–water partition coefficient (Wildman–Crippen LogP) is 1.77. The highest BCUT2D eigenvalue weighted by atomic mass is 16.5. The Morgan fingerprint density at radius 1 is 1.29 bits per heavy atom. The zero-order valence-electron chi connectivity index (χ0n) is 13.4. The number of carbonyl (C=O) groups is 1. The molecule has 2 aromatic rings. The number of nitrogens with zero attached hydrogens (tertiary/aromatic N) is 1. The van der Waals surface area contributed by atoms with E-state index in [-0.39, 0.29) is 18.1 Å². The molecule has 3 N–H and O–H groups in total. The number of carbonyl (C=O) groups excluding carboxylic acids is 1. The maximum atomic E-state index is 12.3. The summed E-state index contributed by atoms with van der Waals surface area (Å²) in [5.74, 6) is 0.183. The Hall–Kier alpha value is -2.44. The smallest absolute Gasteiger partial charge is 0.253 e. The van der Waals surface area contributed by atoms with E-state index in [1.54, 1.807) is 12.1 Å². The summed E-state index contributed by atoms with van der Waals surface area (Å²) < 4.78 is 11.5. The quantitative estimate of drug-likeness (QED) is 0.874. The highest BCUT2D eigenvalue weighted by molar-refractivity contribution is 5.94. The third-order valence-electron chi connectivity index (χ3n) is 3.96. The first-order chi connectivity index (χ1) is 11.7. The molecule has 1 saturated heterocycles. The second-order valence-corrected chi connectivity index (χ2v) is 5.75. The number of hydrogen-bond acceptors (Lipinski definition) is 5. The van der Waals surface area contributed by atoms with Gasteiger partial charge in [-0.2, -0.15) is 0 Å². The molecular weight excluding hydrogens is 306 g/mol. The van der Waals surface area contributed by atoms with Crippen molar-refractivity contribution in [3.8, 4) is 0 Å². The van der Waals surface area contributed by atoms with E-state index in [9.17, 15) is 4.79 Å². The van der Waals surface area contributed by atoms with Crippen molar-refractivity contribution in [2.75, 3.05) is 18.9 Å². The van der Waals surface area contributed by atoms with Gasteiger partial charge in [0.15, 0.2) is 0 Å². The number of ether oxygens (including phenoxy) is 2. The Morgan fingerprint density at radius 3 is 2.88 bits per heavy atom. The molecule has 6 nitrogen and oxygen atoms in total. The van der Waals surface area contributed by atoms with Crippen molar-refractivity contribution >= 4 is 11.7 Å². The van der Waals surface area contributed by atoms with Crippen LogP contribution in [0.25, 0.3) is 0 Å². The number of hydrogen-bond donors (Lipinski definition) is 2. The van der Waals surface area contributed by atoms with Gasteiger partial charge in [-0.1, -0.05) is 30.3 Å². The zero-order chi connectivity index (χ0) is 16.8. The van der Waals surface area contributed by atoms with E-state index < -0.39 is 0 Å². The Balaban J connectivity index is 1.59. The summed E-state index contributed by atoms with van der Waals surface area (Å²) in [7, 11) is 0. The average molecular weight is 327 g/mol. The topological polar surface area (TPSA) is 86.5 Å². The highest BCUT2D eigenvalue weighted by Crippen LogP contribution is 2.15. The van der Waals surface area contributed by atoms with E-state index >= 15 is 0 Å². The first kappa shape index (κ1) is 16.4. The summed E-state index contributed by atoms with van der Waals surface area (Å²) in [5, 5.41) is 2.97. The summed E-state index contributed by atoms with van der Waals surface area (Å²) >= 11 is 0. The van der Waals surface area contributed by atoms with Crippen molar-refractivity contribution in [2.24, 2.45) is 0 Å². The monoisotopic (exact) mass is 327 g/mol. The first-order valence-corrected chi connectivity index (χ1v) is 7.98. The summed E-state index contributed by atoms with van der Waals surface area (Å²) in [5.41, 5.74) is 7.12. The minimum atomic E-state index is -0.202. The van der Waals surface area contributed by atoms with Crippen LogP contribution in [0.3, 0.4) is 0 Å². The Morgan fingerprint density at radius 2 is 2.12 bits per heavy atom. The molecule has 0 bridgehead atoms. The van der Waals surface area contributed by atoms with Crippen LogP contribution >= 0.6 is 0 Å². The van der Waals surface area contributed by atoms with Gasteiger partial charge in [-0.15, -0.1) is 0 Å². The number of rotatable bonds is 5. The molecule has 0 aliphatic carbocycles. The van der Waals surface area contributed by atoms with Gasteiger partial charge >= 0.3 is 0 Å². The molecule has 24 heavy (non-hydrogen) atoms. The molecule has 2 atom stereocenters. The molecule has 1 amide bonds. The van der Waals surface area contributed by atoms with E-state index in [0.29, 0.717) is 31.2 Å². The fourth-order valence-electron chi connectivity index (χ4n) is 2.62. The lowest BCUT2D eigenvalue weighted by Crippen LogP contribution is -2.50. The number of nitrogens with two attached hydrogens (primary N) is 1. The van der Waals surface area contributed by atoms with Gasteiger partial charge in [0.2, 0.25) is 0 Å². The van der Waals surface area contributed by atoms with E-state index in [4.69, 9.17) is 15.2 Å². The maximum absolute atomic E-state index is 12.3. The summed E-state index contributed by atoms with van der Waals surface area (Å²) in [4.78, 5) is 16.3. The number of pyridine rings is 1. The first-order valence-electron chi connectivity index (χ1n) is 7.98. The fraction of sp³-hybridized carbons (Fsp3) is 0.333. The number of amides is 1. The van der Waals surface area contributed by atoms with E-state index in [1.807, 2.05) is 30.3 Å². The molecule has 1 aromatic carbocycles. The van der Waals surface area contributed by atoms with Crippen molar-refractivity contribution in [3.05, 3.63) is 59.8 Å². The van der Waals surface area contributed by atoms with Crippen LogP contribution < -0.4 is 11.1 Å². The number of anilines is 1.